The lowest BCUT2D eigenvalue weighted by atomic mass is 10.3. The molecule has 1 amide bonds. The lowest BCUT2D eigenvalue weighted by Crippen LogP contribution is -2.54. The summed E-state index contributed by atoms with van der Waals surface area (Å²) >= 11 is 0. The Balaban J connectivity index is 1.74. The van der Waals surface area contributed by atoms with Crippen LogP contribution in [-0.4, -0.2) is 78.0 Å². The molecule has 0 radical (unpaired) electrons. The lowest BCUT2D eigenvalue weighted by molar-refractivity contribution is 0.0914. The summed E-state index contributed by atoms with van der Waals surface area (Å²) in [5.41, 5.74) is 0. The Morgan fingerprint density at radius 2 is 2.05 bits per heavy atom. The molecule has 1 aliphatic heterocycles. The number of hydrogen-bond acceptors (Lipinski definition) is 4. The van der Waals surface area contributed by atoms with Gasteiger partial charge >= 0.3 is 6.09 Å². The Hall–Kier alpha value is -2.25. The van der Waals surface area contributed by atoms with Gasteiger partial charge in [-0.1, -0.05) is 0 Å². The number of hydrogen-bond donors (Lipinski definition) is 1. The number of carbonyl (C=O) groups excluding carboxylic acids is 1. The van der Waals surface area contributed by atoms with Gasteiger partial charge < -0.3 is 19.9 Å². The fraction of sp³-hybridized carbons (Fsp3) is 0.643. The second-order valence-corrected chi connectivity index (χ2v) is 4.92. The topological polar surface area (TPSA) is 75.0 Å². The third-order valence-electron chi connectivity index (χ3n) is 3.50. The summed E-state index contributed by atoms with van der Waals surface area (Å²) in [5.74, 6) is 0.857. The maximum absolute atomic E-state index is 11.7. The Morgan fingerprint density at radius 3 is 2.64 bits per heavy atom. The van der Waals surface area contributed by atoms with Crippen LogP contribution in [0, 0.1) is 0 Å². The number of carbonyl (C=O) groups is 1. The number of aromatic nitrogens is 2. The minimum atomic E-state index is -0.233. The van der Waals surface area contributed by atoms with Gasteiger partial charge in [-0.2, -0.15) is 5.10 Å². The van der Waals surface area contributed by atoms with Crippen molar-refractivity contribution < 1.29 is 9.53 Å². The highest BCUT2D eigenvalue weighted by atomic mass is 16.6. The molecule has 22 heavy (non-hydrogen) atoms. The molecule has 0 unspecified atom stereocenters. The quantitative estimate of drug-likeness (QED) is 0.637. The zero-order chi connectivity index (χ0) is 15.8. The van der Waals surface area contributed by atoms with Gasteiger partial charge in [0.25, 0.3) is 0 Å². The van der Waals surface area contributed by atoms with E-state index in [4.69, 9.17) is 4.74 Å². The summed E-state index contributed by atoms with van der Waals surface area (Å²) in [6.45, 7) is 6.58. The van der Waals surface area contributed by atoms with E-state index in [1.165, 1.54) is 0 Å². The van der Waals surface area contributed by atoms with E-state index >= 15 is 0 Å². The fourth-order valence-electron chi connectivity index (χ4n) is 2.36. The number of guanidine groups is 1. The molecule has 0 saturated carbocycles. The van der Waals surface area contributed by atoms with Crippen molar-refractivity contribution in [1.29, 1.82) is 0 Å². The molecule has 0 atom stereocenters. The number of rotatable bonds is 4. The molecule has 0 aliphatic carbocycles. The molecular weight excluding hydrogens is 284 g/mol. The van der Waals surface area contributed by atoms with E-state index in [1.54, 1.807) is 18.1 Å². The summed E-state index contributed by atoms with van der Waals surface area (Å²) in [7, 11) is 1.77. The Bertz CT molecular complexity index is 480. The summed E-state index contributed by atoms with van der Waals surface area (Å²) < 4.78 is 6.90. The predicted octanol–water partition coefficient (Wildman–Crippen LogP) is 0.233. The largest absolute Gasteiger partial charge is 0.450 e. The Labute approximate surface area is 130 Å². The third kappa shape index (κ3) is 4.37. The van der Waals surface area contributed by atoms with Gasteiger partial charge in [0.2, 0.25) is 0 Å². The SMILES string of the molecule is CCOC(=O)N1CCN(C(=NC)NCCn2cccn2)CC1. The average Bonchev–Trinajstić information content (AvgIpc) is 3.05. The molecule has 1 fully saturated rings. The van der Waals surface area contributed by atoms with Gasteiger partial charge in [-0.25, -0.2) is 4.79 Å². The van der Waals surface area contributed by atoms with Gasteiger partial charge in [0.15, 0.2) is 5.96 Å². The second-order valence-electron chi connectivity index (χ2n) is 4.92. The van der Waals surface area contributed by atoms with Crippen LogP contribution in [0.25, 0.3) is 0 Å². The van der Waals surface area contributed by atoms with Crippen LogP contribution < -0.4 is 5.32 Å². The van der Waals surface area contributed by atoms with Crippen molar-refractivity contribution in [3.05, 3.63) is 18.5 Å². The van der Waals surface area contributed by atoms with E-state index in [0.29, 0.717) is 19.7 Å². The van der Waals surface area contributed by atoms with Crippen LogP contribution in [0.15, 0.2) is 23.5 Å². The van der Waals surface area contributed by atoms with E-state index < -0.39 is 0 Å². The molecule has 8 nitrogen and oxygen atoms in total. The summed E-state index contributed by atoms with van der Waals surface area (Å²) in [5, 5.41) is 7.49. The molecule has 1 aromatic rings. The Kier molecular flexibility index (Phi) is 6.05. The summed E-state index contributed by atoms with van der Waals surface area (Å²) in [4.78, 5) is 19.9. The second kappa shape index (κ2) is 8.26. The Morgan fingerprint density at radius 1 is 1.32 bits per heavy atom. The van der Waals surface area contributed by atoms with Crippen LogP contribution in [-0.2, 0) is 11.3 Å². The average molecular weight is 308 g/mol. The van der Waals surface area contributed by atoms with Crippen LogP contribution in [0.5, 0.6) is 0 Å². The van der Waals surface area contributed by atoms with Crippen molar-refractivity contribution in [2.75, 3.05) is 46.4 Å². The van der Waals surface area contributed by atoms with Crippen molar-refractivity contribution in [3.63, 3.8) is 0 Å². The highest BCUT2D eigenvalue weighted by molar-refractivity contribution is 5.80. The highest BCUT2D eigenvalue weighted by Gasteiger charge is 2.23. The number of ether oxygens (including phenoxy) is 1. The van der Waals surface area contributed by atoms with Crippen LogP contribution >= 0.6 is 0 Å². The molecule has 0 bridgehead atoms. The van der Waals surface area contributed by atoms with Gasteiger partial charge in [-0.05, 0) is 13.0 Å². The molecule has 2 heterocycles. The number of aliphatic imine (C=N–C) groups is 1. The zero-order valence-electron chi connectivity index (χ0n) is 13.2. The highest BCUT2D eigenvalue weighted by Crippen LogP contribution is 2.04. The molecule has 122 valence electrons. The van der Waals surface area contributed by atoms with Gasteiger partial charge in [0.05, 0.1) is 13.2 Å². The van der Waals surface area contributed by atoms with Gasteiger partial charge in [0, 0.05) is 52.2 Å². The van der Waals surface area contributed by atoms with E-state index in [2.05, 4.69) is 20.3 Å². The normalized spacial score (nSPS) is 15.8. The number of nitrogens with zero attached hydrogens (tertiary/aromatic N) is 5. The van der Waals surface area contributed by atoms with Crippen LogP contribution in [0.3, 0.4) is 0 Å². The summed E-state index contributed by atoms with van der Waals surface area (Å²) in [6.07, 6.45) is 3.47. The number of amides is 1. The maximum atomic E-state index is 11.7. The van der Waals surface area contributed by atoms with Crippen molar-refractivity contribution in [2.45, 2.75) is 13.5 Å². The molecule has 1 aromatic heterocycles. The van der Waals surface area contributed by atoms with E-state index in [-0.39, 0.29) is 6.09 Å². The van der Waals surface area contributed by atoms with Crippen molar-refractivity contribution >= 4 is 12.1 Å². The molecule has 2 rings (SSSR count). The molecule has 0 aromatic carbocycles. The molecule has 1 aliphatic rings. The van der Waals surface area contributed by atoms with Gasteiger partial charge in [0.1, 0.15) is 0 Å². The monoisotopic (exact) mass is 308 g/mol. The fourth-order valence-corrected chi connectivity index (χ4v) is 2.36. The first-order chi connectivity index (χ1) is 10.7. The standard InChI is InChI=1S/C14H24N6O2/c1-3-22-14(21)19-11-9-18(10-12-19)13(15-2)16-6-8-20-7-4-5-17-20/h4-5,7H,3,6,8-12H2,1-2H3,(H,15,16). The van der Waals surface area contributed by atoms with E-state index in [9.17, 15) is 4.79 Å². The minimum Gasteiger partial charge on any atom is -0.450 e. The van der Waals surface area contributed by atoms with Gasteiger partial charge in [-0.15, -0.1) is 0 Å². The number of nitrogens with one attached hydrogen (secondary N) is 1. The smallest absolute Gasteiger partial charge is 0.409 e. The molecule has 1 N–H and O–H groups in total. The van der Waals surface area contributed by atoms with Crippen molar-refractivity contribution in [1.82, 2.24) is 24.9 Å². The first-order valence-corrected chi connectivity index (χ1v) is 7.59. The molecule has 1 saturated heterocycles. The van der Waals surface area contributed by atoms with Crippen LogP contribution in [0.2, 0.25) is 0 Å². The molecule has 0 spiro atoms. The molecular formula is C14H24N6O2. The predicted molar refractivity (Wildman–Crippen MR) is 83.8 cm³/mol. The molecule has 8 heteroatoms. The van der Waals surface area contributed by atoms with E-state index in [0.717, 1.165) is 32.1 Å². The first-order valence-electron chi connectivity index (χ1n) is 7.59. The maximum Gasteiger partial charge on any atom is 0.409 e. The van der Waals surface area contributed by atoms with E-state index in [1.807, 2.05) is 23.9 Å². The van der Waals surface area contributed by atoms with Crippen LogP contribution in [0.4, 0.5) is 4.79 Å². The third-order valence-corrected chi connectivity index (χ3v) is 3.50. The van der Waals surface area contributed by atoms with Gasteiger partial charge in [-0.3, -0.25) is 9.67 Å². The van der Waals surface area contributed by atoms with Crippen molar-refractivity contribution in [2.24, 2.45) is 4.99 Å². The lowest BCUT2D eigenvalue weighted by Gasteiger charge is -2.35. The number of piperazine rings is 1. The first kappa shape index (κ1) is 16.1. The summed E-state index contributed by atoms with van der Waals surface area (Å²) in [6, 6.07) is 1.91. The minimum absolute atomic E-state index is 0.233. The van der Waals surface area contributed by atoms with Crippen molar-refractivity contribution in [3.8, 4) is 0 Å². The van der Waals surface area contributed by atoms with Crippen LogP contribution in [0.1, 0.15) is 6.92 Å². The zero-order valence-corrected chi connectivity index (χ0v) is 13.2.